The molecule has 0 bridgehead atoms. The number of methoxy groups -OCH3 is 1. The SMILES string of the molecule is COCCC1(C(N)=O)CCN(C2CN(S(=O)(=O)c3cccs3)C2)CC1. The van der Waals surface area contributed by atoms with Crippen molar-refractivity contribution in [2.75, 3.05) is 39.9 Å². The first-order valence-corrected chi connectivity index (χ1v) is 10.8. The van der Waals surface area contributed by atoms with Crippen molar-refractivity contribution in [3.8, 4) is 0 Å². The first-order chi connectivity index (χ1) is 11.9. The van der Waals surface area contributed by atoms with E-state index in [-0.39, 0.29) is 11.9 Å². The summed E-state index contributed by atoms with van der Waals surface area (Å²) in [5.41, 5.74) is 5.16. The Hall–Kier alpha value is -1.00. The van der Waals surface area contributed by atoms with E-state index in [1.807, 2.05) is 0 Å². The van der Waals surface area contributed by atoms with Crippen LogP contribution in [0.4, 0.5) is 0 Å². The third kappa shape index (κ3) is 3.61. The first kappa shape index (κ1) is 18.8. The second-order valence-corrected chi connectivity index (χ2v) is 9.94. The molecule has 9 heteroatoms. The van der Waals surface area contributed by atoms with Gasteiger partial charge in [0.25, 0.3) is 10.0 Å². The maximum Gasteiger partial charge on any atom is 0.252 e. The Labute approximate surface area is 152 Å². The molecular weight excluding hydrogens is 362 g/mol. The molecule has 1 aromatic rings. The number of hydrogen-bond donors (Lipinski definition) is 1. The van der Waals surface area contributed by atoms with Gasteiger partial charge >= 0.3 is 0 Å². The molecule has 7 nitrogen and oxygen atoms in total. The minimum Gasteiger partial charge on any atom is -0.385 e. The van der Waals surface area contributed by atoms with E-state index >= 15 is 0 Å². The van der Waals surface area contributed by atoms with E-state index < -0.39 is 15.4 Å². The summed E-state index contributed by atoms with van der Waals surface area (Å²) >= 11 is 1.25. The van der Waals surface area contributed by atoms with Gasteiger partial charge in [0.05, 0.1) is 5.41 Å². The van der Waals surface area contributed by atoms with Gasteiger partial charge < -0.3 is 10.5 Å². The number of amides is 1. The van der Waals surface area contributed by atoms with Crippen LogP contribution in [0.5, 0.6) is 0 Å². The van der Waals surface area contributed by atoms with Crippen LogP contribution in [0.3, 0.4) is 0 Å². The summed E-state index contributed by atoms with van der Waals surface area (Å²) in [6.45, 7) is 3.09. The van der Waals surface area contributed by atoms with Gasteiger partial charge in [-0.1, -0.05) is 6.07 Å². The van der Waals surface area contributed by atoms with E-state index in [2.05, 4.69) is 4.90 Å². The van der Waals surface area contributed by atoms with Crippen LogP contribution in [0.2, 0.25) is 0 Å². The van der Waals surface area contributed by atoms with Gasteiger partial charge in [0, 0.05) is 32.8 Å². The van der Waals surface area contributed by atoms with Gasteiger partial charge in [-0.2, -0.15) is 4.31 Å². The third-order valence-electron chi connectivity index (χ3n) is 5.50. The molecule has 2 N–H and O–H groups in total. The topological polar surface area (TPSA) is 92.9 Å². The summed E-state index contributed by atoms with van der Waals surface area (Å²) in [6.07, 6.45) is 2.07. The Morgan fingerprint density at radius 3 is 2.60 bits per heavy atom. The van der Waals surface area contributed by atoms with E-state index in [0.717, 1.165) is 13.1 Å². The number of thiophene rings is 1. The molecule has 2 aliphatic rings. The molecule has 1 aromatic heterocycles. The Morgan fingerprint density at radius 1 is 1.40 bits per heavy atom. The molecule has 0 aliphatic carbocycles. The third-order valence-corrected chi connectivity index (χ3v) is 8.70. The second-order valence-electron chi connectivity index (χ2n) is 6.83. The Morgan fingerprint density at radius 2 is 2.08 bits per heavy atom. The van der Waals surface area contributed by atoms with E-state index in [1.54, 1.807) is 24.6 Å². The zero-order valence-corrected chi connectivity index (χ0v) is 16.0. The van der Waals surface area contributed by atoms with Crippen LogP contribution >= 0.6 is 11.3 Å². The molecule has 2 fully saturated rings. The number of likely N-dealkylation sites (tertiary alicyclic amines) is 1. The van der Waals surface area contributed by atoms with Crippen molar-refractivity contribution < 1.29 is 17.9 Å². The molecule has 2 aliphatic heterocycles. The number of hydrogen-bond acceptors (Lipinski definition) is 6. The van der Waals surface area contributed by atoms with Crippen molar-refractivity contribution in [3.05, 3.63) is 17.5 Å². The number of primary amides is 1. The lowest BCUT2D eigenvalue weighted by Crippen LogP contribution is -2.63. The monoisotopic (exact) mass is 387 g/mol. The number of rotatable bonds is 7. The van der Waals surface area contributed by atoms with E-state index in [0.29, 0.717) is 43.2 Å². The van der Waals surface area contributed by atoms with Crippen LogP contribution in [-0.2, 0) is 19.6 Å². The number of carbonyl (C=O) groups excluding carboxylic acids is 1. The molecule has 0 unspecified atom stereocenters. The maximum atomic E-state index is 12.5. The van der Waals surface area contributed by atoms with Crippen LogP contribution in [0, 0.1) is 5.41 Å². The minimum absolute atomic E-state index is 0.225. The van der Waals surface area contributed by atoms with Crippen molar-refractivity contribution in [1.82, 2.24) is 9.21 Å². The molecule has 2 saturated heterocycles. The number of sulfonamides is 1. The van der Waals surface area contributed by atoms with Crippen LogP contribution in [-0.4, -0.2) is 69.5 Å². The molecule has 0 atom stereocenters. The van der Waals surface area contributed by atoms with Gasteiger partial charge in [0.15, 0.2) is 0 Å². The normalized spacial score (nSPS) is 22.6. The quantitative estimate of drug-likeness (QED) is 0.744. The summed E-state index contributed by atoms with van der Waals surface area (Å²) in [7, 11) is -1.72. The molecule has 0 spiro atoms. The fraction of sp³-hybridized carbons (Fsp3) is 0.688. The lowest BCUT2D eigenvalue weighted by atomic mass is 9.75. The summed E-state index contributed by atoms with van der Waals surface area (Å²) in [5.74, 6) is -0.250. The van der Waals surface area contributed by atoms with Gasteiger partial charge in [-0.15, -0.1) is 11.3 Å². The molecule has 1 amide bonds. The molecule has 3 heterocycles. The van der Waals surface area contributed by atoms with Crippen molar-refractivity contribution in [2.45, 2.75) is 29.5 Å². The smallest absolute Gasteiger partial charge is 0.252 e. The molecule has 0 aromatic carbocycles. The largest absolute Gasteiger partial charge is 0.385 e. The maximum absolute atomic E-state index is 12.5. The van der Waals surface area contributed by atoms with Crippen molar-refractivity contribution in [1.29, 1.82) is 0 Å². The lowest BCUT2D eigenvalue weighted by molar-refractivity contribution is -0.132. The molecule has 25 heavy (non-hydrogen) atoms. The summed E-state index contributed by atoms with van der Waals surface area (Å²) < 4.78 is 32.0. The van der Waals surface area contributed by atoms with Crippen molar-refractivity contribution >= 4 is 27.3 Å². The highest BCUT2D eigenvalue weighted by Crippen LogP contribution is 2.37. The van der Waals surface area contributed by atoms with Crippen molar-refractivity contribution in [2.24, 2.45) is 11.1 Å². The van der Waals surface area contributed by atoms with Gasteiger partial charge in [-0.25, -0.2) is 8.42 Å². The standard InChI is InChI=1S/C16H25N3O4S2/c1-23-9-6-16(15(17)20)4-7-18(8-5-16)13-11-19(12-13)25(21,22)14-3-2-10-24-14/h2-3,10,13H,4-9,11-12H2,1H3,(H2,17,20). The van der Waals surface area contributed by atoms with E-state index in [9.17, 15) is 13.2 Å². The number of piperidine rings is 1. The second kappa shape index (κ2) is 7.32. The number of carbonyl (C=O) groups is 1. The Kier molecular flexibility index (Phi) is 5.50. The highest BCUT2D eigenvalue weighted by molar-refractivity contribution is 7.91. The number of nitrogens with two attached hydrogens (primary N) is 1. The number of nitrogens with zero attached hydrogens (tertiary/aromatic N) is 2. The molecule has 0 radical (unpaired) electrons. The van der Waals surface area contributed by atoms with Gasteiger partial charge in [-0.3, -0.25) is 9.69 Å². The van der Waals surface area contributed by atoms with Gasteiger partial charge in [0.2, 0.25) is 5.91 Å². The fourth-order valence-electron chi connectivity index (χ4n) is 3.62. The highest BCUT2D eigenvalue weighted by atomic mass is 32.2. The molecule has 140 valence electrons. The highest BCUT2D eigenvalue weighted by Gasteiger charge is 2.45. The van der Waals surface area contributed by atoms with Crippen LogP contribution in [0.15, 0.2) is 21.7 Å². The van der Waals surface area contributed by atoms with Gasteiger partial charge in [0.1, 0.15) is 4.21 Å². The minimum atomic E-state index is -3.34. The lowest BCUT2D eigenvalue weighted by Gasteiger charge is -2.48. The summed E-state index contributed by atoms with van der Waals surface area (Å²) in [4.78, 5) is 14.2. The van der Waals surface area contributed by atoms with E-state index in [4.69, 9.17) is 10.5 Å². The van der Waals surface area contributed by atoms with Crippen LogP contribution < -0.4 is 5.73 Å². The molecule has 3 rings (SSSR count). The average molecular weight is 388 g/mol. The summed E-state index contributed by atoms with van der Waals surface area (Å²) in [6, 6.07) is 3.62. The summed E-state index contributed by atoms with van der Waals surface area (Å²) in [5, 5.41) is 1.78. The molecular formula is C16H25N3O4S2. The zero-order chi connectivity index (χ0) is 18.1. The zero-order valence-electron chi connectivity index (χ0n) is 14.4. The fourth-order valence-corrected chi connectivity index (χ4v) is 6.27. The average Bonchev–Trinajstić information content (AvgIpc) is 3.07. The number of ether oxygens (including phenoxy) is 1. The Bertz CT molecular complexity index is 691. The van der Waals surface area contributed by atoms with Crippen LogP contribution in [0.25, 0.3) is 0 Å². The van der Waals surface area contributed by atoms with Crippen molar-refractivity contribution in [3.63, 3.8) is 0 Å². The Balaban J connectivity index is 1.54. The first-order valence-electron chi connectivity index (χ1n) is 8.46. The molecule has 0 saturated carbocycles. The van der Waals surface area contributed by atoms with E-state index in [1.165, 1.54) is 15.6 Å². The predicted octanol–water partition coefficient (Wildman–Crippen LogP) is 0.725. The van der Waals surface area contributed by atoms with Crippen LogP contribution in [0.1, 0.15) is 19.3 Å². The van der Waals surface area contributed by atoms with Gasteiger partial charge in [-0.05, 0) is 43.8 Å². The predicted molar refractivity (Wildman–Crippen MR) is 95.8 cm³/mol.